The number of rotatable bonds is 20. The molecule has 0 spiro atoms. The fourth-order valence-corrected chi connectivity index (χ4v) is 7.13. The Morgan fingerprint density at radius 1 is 0.545 bits per heavy atom. The normalized spacial score (nSPS) is 11.7. The Balaban J connectivity index is 0.819. The van der Waals surface area contributed by atoms with Crippen LogP contribution >= 0.6 is 0 Å². The van der Waals surface area contributed by atoms with Crippen molar-refractivity contribution in [3.05, 3.63) is 198 Å². The molecule has 2 N–H and O–H groups in total. The van der Waals surface area contributed by atoms with Gasteiger partial charge in [-0.2, -0.15) is 0 Å². The first kappa shape index (κ1) is 43.9. The van der Waals surface area contributed by atoms with Gasteiger partial charge in [0.2, 0.25) is 0 Å². The van der Waals surface area contributed by atoms with Crippen molar-refractivity contribution in [1.29, 1.82) is 0 Å². The molecule has 326 valence electrons. The van der Waals surface area contributed by atoms with Crippen LogP contribution in [0.4, 0.5) is 0 Å². The van der Waals surface area contributed by atoms with Gasteiger partial charge in [0.15, 0.2) is 34.6 Å². The van der Waals surface area contributed by atoms with E-state index in [0.717, 1.165) is 66.7 Å². The maximum Gasteiger partial charge on any atom is 0.163 e. The van der Waals surface area contributed by atoms with E-state index in [1.807, 2.05) is 116 Å². The quantitative estimate of drug-likeness (QED) is 0.0563. The molecule has 0 radical (unpaired) electrons. The lowest BCUT2D eigenvalue weighted by Gasteiger charge is -2.11. The van der Waals surface area contributed by atoms with Gasteiger partial charge in [-0.1, -0.05) is 72.8 Å². The maximum atomic E-state index is 12.8. The zero-order valence-corrected chi connectivity index (χ0v) is 36.0. The van der Waals surface area contributed by atoms with Gasteiger partial charge in [0.1, 0.15) is 19.0 Å². The molecule has 0 fully saturated rings. The summed E-state index contributed by atoms with van der Waals surface area (Å²) in [4.78, 5) is 66.2. The predicted octanol–water partition coefficient (Wildman–Crippen LogP) is 10.8. The van der Waals surface area contributed by atoms with Crippen molar-refractivity contribution < 1.29 is 33.4 Å². The number of aromatic nitrogens is 4. The predicted molar refractivity (Wildman–Crippen MR) is 258 cm³/mol. The number of carbonyl (C=O) groups is 4. The second-order valence-corrected chi connectivity index (χ2v) is 15.2. The third kappa shape index (κ3) is 11.7. The Morgan fingerprint density at radius 2 is 1.18 bits per heavy atom. The van der Waals surface area contributed by atoms with Gasteiger partial charge in [-0.3, -0.25) is 24.2 Å². The van der Waals surface area contributed by atoms with Crippen molar-refractivity contribution in [3.8, 4) is 28.5 Å². The van der Waals surface area contributed by atoms with E-state index in [4.69, 9.17) is 19.2 Å². The lowest BCUT2D eigenvalue weighted by molar-refractivity contribution is -0.123. The Hall–Kier alpha value is -8.70. The summed E-state index contributed by atoms with van der Waals surface area (Å²) in [6.45, 7) is 0.474. The summed E-state index contributed by atoms with van der Waals surface area (Å²) < 4.78 is 17.4. The van der Waals surface area contributed by atoms with Crippen molar-refractivity contribution in [1.82, 2.24) is 19.9 Å². The van der Waals surface area contributed by atoms with Gasteiger partial charge in [0, 0.05) is 46.0 Å². The standard InChI is InChI=1S/C55H44N4O7/c1-64-54-26-17-38(29-55(54)66-35-42-9-4-5-27-56-42)16-22-45(61)32-47(63)24-19-41-34-58-53-30-39(20-25-50(41)53)51-14-7-10-43(59-51)36-65-48-11-6-8-37(28-48)15-21-44(60)31-46(62)23-18-40-33-57-52-13-3-2-12-49(40)52/h2-30,33-34,57-58H,31-32,35-36H2,1H3/b21-15+,22-16+,23-18+,24-19+. The van der Waals surface area contributed by atoms with Crippen LogP contribution in [0.5, 0.6) is 17.2 Å². The Bertz CT molecular complexity index is 3170. The van der Waals surface area contributed by atoms with Crippen LogP contribution in [0.25, 0.3) is 57.4 Å². The second kappa shape index (κ2) is 21.1. The summed E-state index contributed by atoms with van der Waals surface area (Å²) in [5.74, 6) is 0.452. The Labute approximate surface area is 380 Å². The lowest BCUT2D eigenvalue weighted by atomic mass is 10.1. The molecule has 0 unspecified atom stereocenters. The first-order valence-corrected chi connectivity index (χ1v) is 21.2. The highest BCUT2D eigenvalue weighted by atomic mass is 16.5. The number of benzene rings is 4. The van der Waals surface area contributed by atoms with Crippen molar-refractivity contribution in [3.63, 3.8) is 0 Å². The van der Waals surface area contributed by atoms with Crippen LogP contribution in [-0.4, -0.2) is 50.2 Å². The molecule has 8 aromatic rings. The summed E-state index contributed by atoms with van der Waals surface area (Å²) in [6, 6.07) is 37.7. The fraction of sp³-hybridized carbons (Fsp3) is 0.0909. The summed E-state index contributed by atoms with van der Waals surface area (Å²) >= 11 is 0. The van der Waals surface area contributed by atoms with Gasteiger partial charge >= 0.3 is 0 Å². The largest absolute Gasteiger partial charge is 0.493 e. The number of hydrogen-bond acceptors (Lipinski definition) is 9. The fourth-order valence-electron chi connectivity index (χ4n) is 7.13. The lowest BCUT2D eigenvalue weighted by Crippen LogP contribution is -2.02. The Kier molecular flexibility index (Phi) is 14.1. The minimum atomic E-state index is -0.327. The summed E-state index contributed by atoms with van der Waals surface area (Å²) in [5, 5.41) is 1.92. The van der Waals surface area contributed by atoms with Crippen LogP contribution in [0.2, 0.25) is 0 Å². The number of hydrogen-bond donors (Lipinski definition) is 2. The minimum absolute atomic E-state index is 0.216. The number of H-pyrrole nitrogens is 2. The number of ether oxygens (including phenoxy) is 3. The van der Waals surface area contributed by atoms with E-state index in [9.17, 15) is 19.2 Å². The van der Waals surface area contributed by atoms with Gasteiger partial charge in [-0.15, -0.1) is 0 Å². The highest BCUT2D eigenvalue weighted by Crippen LogP contribution is 2.30. The average Bonchev–Trinajstić information content (AvgIpc) is 3.96. The molecule has 4 aromatic heterocycles. The van der Waals surface area contributed by atoms with E-state index in [0.29, 0.717) is 17.2 Å². The smallest absolute Gasteiger partial charge is 0.163 e. The van der Waals surface area contributed by atoms with Gasteiger partial charge in [0.05, 0.1) is 37.0 Å². The molecule has 0 aliphatic heterocycles. The molecule has 0 aliphatic rings. The van der Waals surface area contributed by atoms with E-state index in [1.165, 1.54) is 24.3 Å². The molecule has 4 heterocycles. The van der Waals surface area contributed by atoms with Crippen LogP contribution in [0.1, 0.15) is 46.5 Å². The highest BCUT2D eigenvalue weighted by molar-refractivity contribution is 6.12. The average molecular weight is 873 g/mol. The maximum absolute atomic E-state index is 12.8. The number of fused-ring (bicyclic) bond motifs is 2. The van der Waals surface area contributed by atoms with Crippen LogP contribution in [-0.2, 0) is 32.4 Å². The zero-order chi connectivity index (χ0) is 45.7. The van der Waals surface area contributed by atoms with E-state index < -0.39 is 0 Å². The van der Waals surface area contributed by atoms with Crippen LogP contribution in [0.3, 0.4) is 0 Å². The topological polar surface area (TPSA) is 153 Å². The number of aromatic amines is 2. The molecule has 11 heteroatoms. The second-order valence-electron chi connectivity index (χ2n) is 15.2. The van der Waals surface area contributed by atoms with Crippen molar-refractivity contribution in [2.75, 3.05) is 7.11 Å². The zero-order valence-electron chi connectivity index (χ0n) is 36.0. The first-order valence-electron chi connectivity index (χ1n) is 21.2. The van der Waals surface area contributed by atoms with Crippen LogP contribution in [0, 0.1) is 0 Å². The van der Waals surface area contributed by atoms with Crippen molar-refractivity contribution in [2.45, 2.75) is 26.1 Å². The van der Waals surface area contributed by atoms with Crippen molar-refractivity contribution in [2.24, 2.45) is 0 Å². The number of ketones is 4. The SMILES string of the molecule is COc1ccc(/C=C/C(=O)CC(=O)/C=C/c2c[nH]c3cc(-c4cccc(COc5cccc(/C=C/C(=O)CC(=O)/C=C/c6c[nH]c7ccccc67)c5)n4)ccc23)cc1OCc1ccccn1. The third-order valence-electron chi connectivity index (χ3n) is 10.5. The van der Waals surface area contributed by atoms with Gasteiger partial charge < -0.3 is 24.2 Å². The molecule has 0 bridgehead atoms. The minimum Gasteiger partial charge on any atom is -0.493 e. The molecule has 0 aliphatic carbocycles. The monoisotopic (exact) mass is 872 g/mol. The molecule has 11 nitrogen and oxygen atoms in total. The molecule has 8 rings (SSSR count). The molecule has 4 aromatic carbocycles. The van der Waals surface area contributed by atoms with Gasteiger partial charge in [0.25, 0.3) is 0 Å². The van der Waals surface area contributed by atoms with E-state index in [2.05, 4.69) is 15.0 Å². The third-order valence-corrected chi connectivity index (χ3v) is 10.5. The van der Waals surface area contributed by atoms with Crippen molar-refractivity contribution >= 4 is 69.2 Å². The van der Waals surface area contributed by atoms with E-state index in [-0.39, 0.29) is 49.2 Å². The number of pyridine rings is 2. The molecule has 0 saturated heterocycles. The molecular formula is C55H44N4O7. The molecule has 0 saturated carbocycles. The van der Waals surface area contributed by atoms with E-state index >= 15 is 0 Å². The first-order chi connectivity index (χ1) is 32.3. The van der Waals surface area contributed by atoms with E-state index in [1.54, 1.807) is 55.8 Å². The number of allylic oxidation sites excluding steroid dienone is 4. The number of para-hydroxylation sites is 1. The number of methoxy groups -OCH3 is 1. The summed E-state index contributed by atoms with van der Waals surface area (Å²) in [6.07, 6.45) is 17.3. The number of nitrogens with zero attached hydrogens (tertiary/aromatic N) is 2. The molecule has 66 heavy (non-hydrogen) atoms. The molecule has 0 amide bonds. The Morgan fingerprint density at radius 3 is 1.91 bits per heavy atom. The number of nitrogens with one attached hydrogen (secondary N) is 2. The molecule has 0 atom stereocenters. The van der Waals surface area contributed by atoms with Crippen LogP contribution in [0.15, 0.2) is 164 Å². The number of carbonyl (C=O) groups excluding carboxylic acids is 4. The summed E-state index contributed by atoms with van der Waals surface area (Å²) in [7, 11) is 1.56. The summed E-state index contributed by atoms with van der Waals surface area (Å²) in [5.41, 5.74) is 8.15. The van der Waals surface area contributed by atoms with Crippen LogP contribution < -0.4 is 14.2 Å². The molecular weight excluding hydrogens is 829 g/mol. The van der Waals surface area contributed by atoms with Gasteiger partial charge in [-0.05, 0) is 119 Å². The highest BCUT2D eigenvalue weighted by Gasteiger charge is 2.11. The van der Waals surface area contributed by atoms with Gasteiger partial charge in [-0.25, -0.2) is 4.98 Å².